The van der Waals surface area contributed by atoms with Crippen molar-refractivity contribution >= 4 is 15.7 Å². The Hall–Kier alpha value is -1.07. The van der Waals surface area contributed by atoms with E-state index < -0.39 is 10.0 Å². The Kier molecular flexibility index (Phi) is 5.38. The highest BCUT2D eigenvalue weighted by Gasteiger charge is 2.25. The number of nitrogens with two attached hydrogens (primary N) is 1. The van der Waals surface area contributed by atoms with Gasteiger partial charge in [-0.05, 0) is 31.4 Å². The molecule has 0 saturated heterocycles. The van der Waals surface area contributed by atoms with Crippen molar-refractivity contribution in [1.29, 1.82) is 0 Å². The fraction of sp³-hybridized carbons (Fsp3) is 0.571. The molecule has 0 aliphatic heterocycles. The van der Waals surface area contributed by atoms with Gasteiger partial charge in [-0.2, -0.15) is 0 Å². The van der Waals surface area contributed by atoms with Crippen LogP contribution in [0.2, 0.25) is 0 Å². The zero-order valence-electron chi connectivity index (χ0n) is 12.2. The van der Waals surface area contributed by atoms with Crippen LogP contribution >= 0.6 is 0 Å². The number of anilines is 1. The summed E-state index contributed by atoms with van der Waals surface area (Å²) in [6, 6.07) is 3.65. The molecule has 19 heavy (non-hydrogen) atoms. The molecule has 5 heteroatoms. The van der Waals surface area contributed by atoms with E-state index in [4.69, 9.17) is 5.73 Å². The molecule has 0 fully saturated rings. The van der Waals surface area contributed by atoms with E-state index in [1.54, 1.807) is 20.0 Å². The van der Waals surface area contributed by atoms with Crippen LogP contribution in [-0.2, 0) is 10.0 Å². The van der Waals surface area contributed by atoms with Crippen molar-refractivity contribution in [2.75, 3.05) is 19.3 Å². The minimum Gasteiger partial charge on any atom is -0.397 e. The molecule has 2 N–H and O–H groups in total. The maximum atomic E-state index is 12.6. The highest BCUT2D eigenvalue weighted by atomic mass is 32.2. The molecule has 1 aromatic rings. The Morgan fingerprint density at radius 2 is 1.74 bits per heavy atom. The lowest BCUT2D eigenvalue weighted by Crippen LogP contribution is -2.29. The van der Waals surface area contributed by atoms with Crippen LogP contribution in [0, 0.1) is 13.8 Å². The van der Waals surface area contributed by atoms with E-state index in [2.05, 4.69) is 6.92 Å². The van der Waals surface area contributed by atoms with Crippen LogP contribution in [0.3, 0.4) is 0 Å². The molecule has 0 bridgehead atoms. The van der Waals surface area contributed by atoms with Gasteiger partial charge in [0.25, 0.3) is 0 Å². The van der Waals surface area contributed by atoms with Gasteiger partial charge in [0.15, 0.2) is 0 Å². The first kappa shape index (κ1) is 16.0. The maximum Gasteiger partial charge on any atom is 0.245 e. The van der Waals surface area contributed by atoms with Gasteiger partial charge in [-0.3, -0.25) is 0 Å². The summed E-state index contributed by atoms with van der Waals surface area (Å²) in [7, 11) is -1.88. The first-order valence-electron chi connectivity index (χ1n) is 6.64. The molecular weight excluding hydrogens is 260 g/mol. The molecule has 0 atom stereocenters. The number of nitrogen functional groups attached to an aromatic ring is 1. The molecule has 1 rings (SSSR count). The Morgan fingerprint density at radius 1 is 1.16 bits per heavy atom. The number of rotatable bonds is 6. The molecule has 0 aliphatic rings. The normalized spacial score (nSPS) is 12.1. The van der Waals surface area contributed by atoms with Crippen LogP contribution in [0.5, 0.6) is 0 Å². The van der Waals surface area contributed by atoms with Crippen molar-refractivity contribution in [3.63, 3.8) is 0 Å². The molecular formula is C14H24N2O2S. The van der Waals surface area contributed by atoms with Crippen LogP contribution in [0.1, 0.15) is 37.3 Å². The number of unbranched alkanes of at least 4 members (excludes halogenated alkanes) is 2. The number of hydrogen-bond acceptors (Lipinski definition) is 3. The number of hydrogen-bond donors (Lipinski definition) is 1. The third-order valence-electron chi connectivity index (χ3n) is 3.36. The van der Waals surface area contributed by atoms with Gasteiger partial charge in [0, 0.05) is 13.6 Å². The van der Waals surface area contributed by atoms with E-state index >= 15 is 0 Å². The lowest BCUT2D eigenvalue weighted by Gasteiger charge is -2.20. The van der Waals surface area contributed by atoms with E-state index in [0.29, 0.717) is 17.8 Å². The molecule has 0 aliphatic carbocycles. The Labute approximate surface area is 116 Å². The molecule has 4 nitrogen and oxygen atoms in total. The summed E-state index contributed by atoms with van der Waals surface area (Å²) >= 11 is 0. The first-order valence-corrected chi connectivity index (χ1v) is 8.08. The largest absolute Gasteiger partial charge is 0.397 e. The molecule has 0 amide bonds. The number of benzene rings is 1. The second kappa shape index (κ2) is 6.39. The average molecular weight is 284 g/mol. The van der Waals surface area contributed by atoms with E-state index in [9.17, 15) is 8.42 Å². The summed E-state index contributed by atoms with van der Waals surface area (Å²) in [5.41, 5.74) is 7.82. The minimum atomic E-state index is -3.49. The monoisotopic (exact) mass is 284 g/mol. The van der Waals surface area contributed by atoms with E-state index in [-0.39, 0.29) is 4.90 Å². The van der Waals surface area contributed by atoms with Gasteiger partial charge in [-0.25, -0.2) is 12.7 Å². The van der Waals surface area contributed by atoms with Crippen molar-refractivity contribution in [3.8, 4) is 0 Å². The van der Waals surface area contributed by atoms with Crippen LogP contribution in [0.25, 0.3) is 0 Å². The first-order chi connectivity index (χ1) is 8.82. The summed E-state index contributed by atoms with van der Waals surface area (Å²) in [4.78, 5) is 0.256. The van der Waals surface area contributed by atoms with Crippen molar-refractivity contribution in [3.05, 3.63) is 23.3 Å². The Balaban J connectivity index is 3.10. The Morgan fingerprint density at radius 3 is 2.32 bits per heavy atom. The number of nitrogens with zero attached hydrogens (tertiary/aromatic N) is 1. The average Bonchev–Trinajstić information content (AvgIpc) is 2.34. The third-order valence-corrected chi connectivity index (χ3v) is 5.42. The van der Waals surface area contributed by atoms with Crippen molar-refractivity contribution in [1.82, 2.24) is 4.31 Å². The van der Waals surface area contributed by atoms with Gasteiger partial charge in [0.05, 0.1) is 5.69 Å². The molecule has 108 valence electrons. The predicted octanol–water partition coefficient (Wildman–Crippen LogP) is 2.70. The lowest BCUT2D eigenvalue weighted by atomic mass is 10.1. The molecule has 0 heterocycles. The SMILES string of the molecule is CCCCCN(C)S(=O)(=O)c1c(C)ccc(C)c1N. The summed E-state index contributed by atoms with van der Waals surface area (Å²) in [5.74, 6) is 0. The molecule has 0 radical (unpaired) electrons. The molecule has 0 unspecified atom stereocenters. The zero-order valence-corrected chi connectivity index (χ0v) is 13.0. The van der Waals surface area contributed by atoms with Crippen LogP contribution < -0.4 is 5.73 Å². The van der Waals surface area contributed by atoms with Crippen LogP contribution in [0.4, 0.5) is 5.69 Å². The zero-order chi connectivity index (χ0) is 14.6. The van der Waals surface area contributed by atoms with Crippen molar-refractivity contribution in [2.24, 2.45) is 0 Å². The highest BCUT2D eigenvalue weighted by Crippen LogP contribution is 2.28. The summed E-state index contributed by atoms with van der Waals surface area (Å²) in [6.07, 6.45) is 2.97. The van der Waals surface area contributed by atoms with Gasteiger partial charge in [0.2, 0.25) is 10.0 Å². The quantitative estimate of drug-likeness (QED) is 0.645. The second-order valence-corrected chi connectivity index (χ2v) is 6.96. The summed E-state index contributed by atoms with van der Waals surface area (Å²) in [5, 5.41) is 0. The third kappa shape index (κ3) is 3.48. The smallest absolute Gasteiger partial charge is 0.245 e. The predicted molar refractivity (Wildman–Crippen MR) is 79.7 cm³/mol. The lowest BCUT2D eigenvalue weighted by molar-refractivity contribution is 0.454. The van der Waals surface area contributed by atoms with Gasteiger partial charge in [-0.1, -0.05) is 31.9 Å². The summed E-state index contributed by atoms with van der Waals surface area (Å²) < 4.78 is 26.5. The summed E-state index contributed by atoms with van der Waals surface area (Å²) in [6.45, 7) is 6.23. The molecule has 0 aromatic heterocycles. The fourth-order valence-corrected chi connectivity index (χ4v) is 3.60. The van der Waals surface area contributed by atoms with Crippen molar-refractivity contribution in [2.45, 2.75) is 44.9 Å². The van der Waals surface area contributed by atoms with Gasteiger partial charge >= 0.3 is 0 Å². The second-order valence-electron chi connectivity index (χ2n) is 4.98. The van der Waals surface area contributed by atoms with E-state index in [1.165, 1.54) is 4.31 Å². The molecule has 1 aromatic carbocycles. The van der Waals surface area contributed by atoms with Gasteiger partial charge < -0.3 is 5.73 Å². The maximum absolute atomic E-state index is 12.6. The van der Waals surface area contributed by atoms with E-state index in [1.807, 2.05) is 13.0 Å². The van der Waals surface area contributed by atoms with Crippen LogP contribution in [-0.4, -0.2) is 26.3 Å². The number of sulfonamides is 1. The highest BCUT2D eigenvalue weighted by molar-refractivity contribution is 7.89. The standard InChI is InChI=1S/C14H24N2O2S/c1-5-6-7-10-16(4)19(17,18)14-12(3)9-8-11(2)13(14)15/h8-9H,5-7,10,15H2,1-4H3. The fourth-order valence-electron chi connectivity index (χ4n) is 2.01. The molecule has 0 saturated carbocycles. The van der Waals surface area contributed by atoms with Crippen molar-refractivity contribution < 1.29 is 8.42 Å². The minimum absolute atomic E-state index is 0.256. The van der Waals surface area contributed by atoms with Gasteiger partial charge in [0.1, 0.15) is 4.90 Å². The van der Waals surface area contributed by atoms with Crippen LogP contribution in [0.15, 0.2) is 17.0 Å². The van der Waals surface area contributed by atoms with Gasteiger partial charge in [-0.15, -0.1) is 0 Å². The Bertz CT molecular complexity index is 539. The topological polar surface area (TPSA) is 63.4 Å². The number of aryl methyl sites for hydroxylation is 2. The molecule has 0 spiro atoms. The van der Waals surface area contributed by atoms with E-state index in [0.717, 1.165) is 24.8 Å².